The summed E-state index contributed by atoms with van der Waals surface area (Å²) in [6.07, 6.45) is 0. The molecule has 1 aromatic carbocycles. The van der Waals surface area contributed by atoms with Crippen molar-refractivity contribution in [3.8, 4) is 6.07 Å². The lowest BCUT2D eigenvalue weighted by molar-refractivity contribution is 0.619. The van der Waals surface area contributed by atoms with Crippen LogP contribution in [0.3, 0.4) is 0 Å². The summed E-state index contributed by atoms with van der Waals surface area (Å²) in [6.45, 7) is 8.30. The normalized spacial score (nSPS) is 10.2. The number of hydrogen-bond donors (Lipinski definition) is 1. The van der Waals surface area contributed by atoms with Crippen LogP contribution in [0.2, 0.25) is 0 Å². The molecule has 2 N–H and O–H groups in total. The van der Waals surface area contributed by atoms with Gasteiger partial charge in [-0.15, -0.1) is 0 Å². The number of nitrogens with zero attached hydrogens (tertiary/aromatic N) is 2. The molecule has 0 unspecified atom stereocenters. The molecule has 0 bridgehead atoms. The van der Waals surface area contributed by atoms with Crippen molar-refractivity contribution < 1.29 is 0 Å². The van der Waals surface area contributed by atoms with Crippen LogP contribution < -0.4 is 10.6 Å². The number of nitrogen functional groups attached to an aromatic ring is 1. The van der Waals surface area contributed by atoms with Gasteiger partial charge in [0, 0.05) is 13.1 Å². The van der Waals surface area contributed by atoms with Gasteiger partial charge in [-0.05, 0) is 31.0 Å². The van der Waals surface area contributed by atoms with Gasteiger partial charge in [0.05, 0.1) is 23.0 Å². The van der Waals surface area contributed by atoms with Crippen LogP contribution >= 0.6 is 0 Å². The molecule has 1 aromatic rings. The Kier molecular flexibility index (Phi) is 4.19. The summed E-state index contributed by atoms with van der Waals surface area (Å²) in [7, 11) is 0. The largest absolute Gasteiger partial charge is 0.397 e. The lowest BCUT2D eigenvalue weighted by atomic mass is 10.1. The molecule has 0 saturated carbocycles. The Morgan fingerprint density at radius 3 is 2.62 bits per heavy atom. The summed E-state index contributed by atoms with van der Waals surface area (Å²) in [5, 5.41) is 8.88. The number of benzene rings is 1. The maximum Gasteiger partial charge on any atom is 0.0992 e. The summed E-state index contributed by atoms with van der Waals surface area (Å²) >= 11 is 0. The van der Waals surface area contributed by atoms with Crippen LogP contribution in [0.4, 0.5) is 11.4 Å². The van der Waals surface area contributed by atoms with Crippen LogP contribution in [0.5, 0.6) is 0 Å². The van der Waals surface area contributed by atoms with Crippen molar-refractivity contribution in [2.24, 2.45) is 5.92 Å². The molecule has 0 radical (unpaired) electrons. The van der Waals surface area contributed by atoms with Crippen molar-refractivity contribution >= 4 is 11.4 Å². The zero-order valence-electron chi connectivity index (χ0n) is 10.2. The summed E-state index contributed by atoms with van der Waals surface area (Å²) in [5.41, 5.74) is 8.31. The number of rotatable bonds is 4. The Morgan fingerprint density at radius 2 is 2.12 bits per heavy atom. The first-order valence-electron chi connectivity index (χ1n) is 5.63. The van der Waals surface area contributed by atoms with E-state index in [1.165, 1.54) is 0 Å². The molecule has 0 amide bonds. The summed E-state index contributed by atoms with van der Waals surface area (Å²) in [4.78, 5) is 2.21. The van der Waals surface area contributed by atoms with Crippen molar-refractivity contribution in [3.63, 3.8) is 0 Å². The van der Waals surface area contributed by atoms with Crippen LogP contribution in [-0.2, 0) is 0 Å². The van der Waals surface area contributed by atoms with Gasteiger partial charge in [0.25, 0.3) is 0 Å². The number of hydrogen-bond acceptors (Lipinski definition) is 3. The highest BCUT2D eigenvalue weighted by Crippen LogP contribution is 2.25. The highest BCUT2D eigenvalue weighted by atomic mass is 15.1. The average Bonchev–Trinajstić information content (AvgIpc) is 2.26. The van der Waals surface area contributed by atoms with Crippen molar-refractivity contribution in [3.05, 3.63) is 23.8 Å². The van der Waals surface area contributed by atoms with Gasteiger partial charge in [0.1, 0.15) is 0 Å². The molecule has 0 heterocycles. The quantitative estimate of drug-likeness (QED) is 0.789. The topological polar surface area (TPSA) is 53.0 Å². The number of anilines is 2. The molecule has 3 nitrogen and oxygen atoms in total. The van der Waals surface area contributed by atoms with Crippen LogP contribution in [-0.4, -0.2) is 13.1 Å². The van der Waals surface area contributed by atoms with E-state index in [0.29, 0.717) is 11.5 Å². The second-order valence-corrected chi connectivity index (χ2v) is 4.32. The Labute approximate surface area is 97.5 Å². The third-order valence-electron chi connectivity index (χ3n) is 2.47. The van der Waals surface area contributed by atoms with E-state index in [1.54, 1.807) is 12.1 Å². The van der Waals surface area contributed by atoms with E-state index in [2.05, 4.69) is 31.7 Å². The van der Waals surface area contributed by atoms with Crippen LogP contribution in [0.1, 0.15) is 26.3 Å². The standard InChI is InChI=1S/C13H19N3/c1-4-16(9-10(2)3)13-7-11(8-14)5-6-12(13)15/h5-7,10H,4,9,15H2,1-3H3. The third-order valence-corrected chi connectivity index (χ3v) is 2.47. The SMILES string of the molecule is CCN(CC(C)C)c1cc(C#N)ccc1N. The molecule has 3 heteroatoms. The highest BCUT2D eigenvalue weighted by molar-refractivity contribution is 5.69. The fraction of sp³-hybridized carbons (Fsp3) is 0.462. The van der Waals surface area contributed by atoms with Gasteiger partial charge in [0.2, 0.25) is 0 Å². The first-order chi connectivity index (χ1) is 7.58. The van der Waals surface area contributed by atoms with Gasteiger partial charge in [-0.2, -0.15) is 5.26 Å². The van der Waals surface area contributed by atoms with Gasteiger partial charge in [-0.3, -0.25) is 0 Å². The van der Waals surface area contributed by atoms with Crippen LogP contribution in [0.15, 0.2) is 18.2 Å². The van der Waals surface area contributed by atoms with E-state index >= 15 is 0 Å². The molecule has 0 spiro atoms. The Morgan fingerprint density at radius 1 is 1.44 bits per heavy atom. The smallest absolute Gasteiger partial charge is 0.0992 e. The zero-order chi connectivity index (χ0) is 12.1. The molecule has 0 atom stereocenters. The Balaban J connectivity index is 3.04. The fourth-order valence-corrected chi connectivity index (χ4v) is 1.73. The van der Waals surface area contributed by atoms with E-state index in [-0.39, 0.29) is 0 Å². The second-order valence-electron chi connectivity index (χ2n) is 4.32. The van der Waals surface area contributed by atoms with Crippen LogP contribution in [0.25, 0.3) is 0 Å². The first-order valence-corrected chi connectivity index (χ1v) is 5.63. The van der Waals surface area contributed by atoms with E-state index in [9.17, 15) is 0 Å². The Bertz CT molecular complexity index is 391. The molecule has 0 aromatic heterocycles. The van der Waals surface area contributed by atoms with Gasteiger partial charge in [-0.25, -0.2) is 0 Å². The molecule has 1 rings (SSSR count). The minimum absolute atomic E-state index is 0.574. The summed E-state index contributed by atoms with van der Waals surface area (Å²) in [5.74, 6) is 0.574. The summed E-state index contributed by atoms with van der Waals surface area (Å²) in [6, 6.07) is 7.56. The second kappa shape index (κ2) is 5.41. The van der Waals surface area contributed by atoms with Gasteiger partial charge >= 0.3 is 0 Å². The lowest BCUT2D eigenvalue weighted by Gasteiger charge is -2.26. The third kappa shape index (κ3) is 2.90. The summed E-state index contributed by atoms with van der Waals surface area (Å²) < 4.78 is 0. The van der Waals surface area contributed by atoms with Gasteiger partial charge in [0.15, 0.2) is 0 Å². The number of nitriles is 1. The molecule has 0 saturated heterocycles. The average molecular weight is 217 g/mol. The predicted molar refractivity (Wildman–Crippen MR) is 68.3 cm³/mol. The van der Waals surface area contributed by atoms with Crippen molar-refractivity contribution in [2.45, 2.75) is 20.8 Å². The molecule has 0 aliphatic carbocycles. The monoisotopic (exact) mass is 217 g/mol. The van der Waals surface area contributed by atoms with Crippen LogP contribution in [0, 0.1) is 17.2 Å². The molecule has 86 valence electrons. The number of nitrogens with two attached hydrogens (primary N) is 1. The van der Waals surface area contributed by atoms with Gasteiger partial charge < -0.3 is 10.6 Å². The van der Waals surface area contributed by atoms with Crippen molar-refractivity contribution in [1.82, 2.24) is 0 Å². The molecular formula is C13H19N3. The molecule has 0 aliphatic rings. The van der Waals surface area contributed by atoms with Crippen molar-refractivity contribution in [2.75, 3.05) is 23.7 Å². The molecule has 0 fully saturated rings. The first kappa shape index (κ1) is 12.4. The van der Waals surface area contributed by atoms with E-state index in [4.69, 9.17) is 11.0 Å². The minimum atomic E-state index is 0.574. The van der Waals surface area contributed by atoms with E-state index in [0.717, 1.165) is 24.5 Å². The van der Waals surface area contributed by atoms with E-state index < -0.39 is 0 Å². The van der Waals surface area contributed by atoms with Gasteiger partial charge in [-0.1, -0.05) is 13.8 Å². The Hall–Kier alpha value is -1.69. The molecular weight excluding hydrogens is 198 g/mol. The van der Waals surface area contributed by atoms with E-state index in [1.807, 2.05) is 6.07 Å². The molecule has 16 heavy (non-hydrogen) atoms. The van der Waals surface area contributed by atoms with Crippen molar-refractivity contribution in [1.29, 1.82) is 5.26 Å². The maximum atomic E-state index is 8.88. The molecule has 0 aliphatic heterocycles. The zero-order valence-corrected chi connectivity index (χ0v) is 10.2. The predicted octanol–water partition coefficient (Wildman–Crippen LogP) is 2.62. The fourth-order valence-electron chi connectivity index (χ4n) is 1.73. The minimum Gasteiger partial charge on any atom is -0.397 e. The maximum absolute atomic E-state index is 8.88. The highest BCUT2D eigenvalue weighted by Gasteiger charge is 2.10. The lowest BCUT2D eigenvalue weighted by Crippen LogP contribution is -2.28.